The van der Waals surface area contributed by atoms with E-state index in [9.17, 15) is 14.9 Å². The topological polar surface area (TPSA) is 81.8 Å². The summed E-state index contributed by atoms with van der Waals surface area (Å²) in [7, 11) is 0. The zero-order valence-corrected chi connectivity index (χ0v) is 12.4. The number of carbonyl (C=O) groups is 1. The van der Waals surface area contributed by atoms with Crippen LogP contribution in [0, 0.1) is 10.1 Å². The van der Waals surface area contributed by atoms with Crippen molar-refractivity contribution in [3.8, 4) is 0 Å². The molecular formula is C14H7ClN2O4S. The monoisotopic (exact) mass is 334 g/mol. The number of esters is 1. The SMILES string of the molecule is O=C1OC(c2ccc(Cl)c([N+](=O)[O-])c2)=N/C1=C/c1cccs1. The average Bonchev–Trinajstić information content (AvgIpc) is 3.10. The van der Waals surface area contributed by atoms with E-state index in [1.54, 1.807) is 6.08 Å². The van der Waals surface area contributed by atoms with Crippen molar-refractivity contribution in [2.24, 2.45) is 4.99 Å². The normalized spacial score (nSPS) is 15.8. The molecule has 0 atom stereocenters. The zero-order chi connectivity index (χ0) is 15.7. The number of nitrogens with zero attached hydrogens (tertiary/aromatic N) is 2. The van der Waals surface area contributed by atoms with E-state index in [4.69, 9.17) is 16.3 Å². The summed E-state index contributed by atoms with van der Waals surface area (Å²) < 4.78 is 5.07. The molecule has 0 radical (unpaired) electrons. The van der Waals surface area contributed by atoms with Crippen molar-refractivity contribution in [1.29, 1.82) is 0 Å². The van der Waals surface area contributed by atoms with E-state index in [0.29, 0.717) is 5.56 Å². The van der Waals surface area contributed by atoms with Gasteiger partial charge in [0, 0.05) is 16.5 Å². The van der Waals surface area contributed by atoms with Gasteiger partial charge < -0.3 is 4.74 Å². The van der Waals surface area contributed by atoms with Crippen molar-refractivity contribution in [2.45, 2.75) is 0 Å². The van der Waals surface area contributed by atoms with Crippen LogP contribution >= 0.6 is 22.9 Å². The molecule has 3 rings (SSSR count). The Balaban J connectivity index is 1.98. The molecule has 22 heavy (non-hydrogen) atoms. The van der Waals surface area contributed by atoms with Crippen LogP contribution in [0.3, 0.4) is 0 Å². The van der Waals surface area contributed by atoms with Gasteiger partial charge in [-0.1, -0.05) is 17.7 Å². The molecule has 0 bridgehead atoms. The second-order valence-corrected chi connectivity index (χ2v) is 5.66. The number of hydrogen-bond acceptors (Lipinski definition) is 6. The standard InChI is InChI=1S/C14H7ClN2O4S/c15-10-4-3-8(6-12(10)17(19)20)13-16-11(14(18)21-13)7-9-2-1-5-22-9/h1-7H/b11-7+. The van der Waals surface area contributed by atoms with Crippen LogP contribution < -0.4 is 0 Å². The number of rotatable bonds is 3. The van der Waals surface area contributed by atoms with Crippen molar-refractivity contribution >= 4 is 46.6 Å². The van der Waals surface area contributed by atoms with Crippen LogP contribution in [0.25, 0.3) is 6.08 Å². The third kappa shape index (κ3) is 2.76. The van der Waals surface area contributed by atoms with Gasteiger partial charge >= 0.3 is 5.97 Å². The van der Waals surface area contributed by atoms with Crippen molar-refractivity contribution in [1.82, 2.24) is 0 Å². The smallest absolute Gasteiger partial charge is 0.363 e. The Hall–Kier alpha value is -2.51. The fraction of sp³-hybridized carbons (Fsp3) is 0. The largest absolute Gasteiger partial charge is 0.402 e. The second-order valence-electron chi connectivity index (χ2n) is 4.27. The minimum atomic E-state index is -0.606. The van der Waals surface area contributed by atoms with Gasteiger partial charge in [-0.3, -0.25) is 10.1 Å². The maximum absolute atomic E-state index is 11.8. The molecule has 0 amide bonds. The van der Waals surface area contributed by atoms with Gasteiger partial charge in [0.1, 0.15) is 5.02 Å². The minimum absolute atomic E-state index is 0.00743. The van der Waals surface area contributed by atoms with Crippen LogP contribution in [0.2, 0.25) is 5.02 Å². The fourth-order valence-electron chi connectivity index (χ4n) is 1.83. The Morgan fingerprint density at radius 3 is 2.86 bits per heavy atom. The summed E-state index contributed by atoms with van der Waals surface area (Å²) in [6.45, 7) is 0. The molecule has 1 aliphatic rings. The fourth-order valence-corrected chi connectivity index (χ4v) is 2.66. The second kappa shape index (κ2) is 5.70. The molecule has 2 heterocycles. The first kappa shape index (κ1) is 14.4. The molecule has 6 nitrogen and oxygen atoms in total. The van der Waals surface area contributed by atoms with E-state index >= 15 is 0 Å². The highest BCUT2D eigenvalue weighted by atomic mass is 35.5. The summed E-state index contributed by atoms with van der Waals surface area (Å²) in [5, 5.41) is 12.8. The van der Waals surface area contributed by atoms with E-state index in [2.05, 4.69) is 4.99 Å². The molecule has 0 N–H and O–H groups in total. The van der Waals surface area contributed by atoms with E-state index in [-0.39, 0.29) is 22.3 Å². The minimum Gasteiger partial charge on any atom is -0.402 e. The lowest BCUT2D eigenvalue weighted by Gasteiger charge is -2.00. The van der Waals surface area contributed by atoms with E-state index in [1.165, 1.54) is 29.5 Å². The van der Waals surface area contributed by atoms with Gasteiger partial charge in [0.15, 0.2) is 5.70 Å². The molecule has 8 heteroatoms. The van der Waals surface area contributed by atoms with E-state index < -0.39 is 10.9 Å². The lowest BCUT2D eigenvalue weighted by molar-refractivity contribution is -0.384. The van der Waals surface area contributed by atoms with Gasteiger partial charge in [0.2, 0.25) is 5.90 Å². The van der Waals surface area contributed by atoms with Crippen molar-refractivity contribution in [2.75, 3.05) is 0 Å². The molecule has 0 fully saturated rings. The number of aliphatic imine (C=N–C) groups is 1. The third-order valence-corrected chi connectivity index (χ3v) is 3.97. The number of carbonyl (C=O) groups excluding carboxylic acids is 1. The molecule has 0 unspecified atom stereocenters. The molecule has 110 valence electrons. The highest BCUT2D eigenvalue weighted by molar-refractivity contribution is 7.10. The Kier molecular flexibility index (Phi) is 3.74. The summed E-state index contributed by atoms with van der Waals surface area (Å²) in [6.07, 6.45) is 1.60. The summed E-state index contributed by atoms with van der Waals surface area (Å²) in [5.41, 5.74) is 0.197. The average molecular weight is 335 g/mol. The van der Waals surface area contributed by atoms with E-state index in [0.717, 1.165) is 4.88 Å². The number of thiophene rings is 1. The summed E-state index contributed by atoms with van der Waals surface area (Å²) in [5.74, 6) is -0.575. The van der Waals surface area contributed by atoms with Crippen LogP contribution in [0.5, 0.6) is 0 Å². The molecule has 1 aliphatic heterocycles. The molecule has 0 spiro atoms. The van der Waals surface area contributed by atoms with Gasteiger partial charge in [-0.25, -0.2) is 9.79 Å². The van der Waals surface area contributed by atoms with Gasteiger partial charge in [-0.05, 0) is 29.7 Å². The Morgan fingerprint density at radius 2 is 2.18 bits per heavy atom. The Morgan fingerprint density at radius 1 is 1.36 bits per heavy atom. The first-order valence-corrected chi connectivity index (χ1v) is 7.31. The van der Waals surface area contributed by atoms with Gasteiger partial charge in [-0.15, -0.1) is 11.3 Å². The van der Waals surface area contributed by atoms with Gasteiger partial charge in [-0.2, -0.15) is 0 Å². The number of benzene rings is 1. The van der Waals surface area contributed by atoms with Crippen LogP contribution in [-0.4, -0.2) is 16.8 Å². The molecular weight excluding hydrogens is 328 g/mol. The summed E-state index contributed by atoms with van der Waals surface area (Å²) in [4.78, 5) is 27.0. The number of hydrogen-bond donors (Lipinski definition) is 0. The summed E-state index contributed by atoms with van der Waals surface area (Å²) >= 11 is 7.21. The first-order chi connectivity index (χ1) is 10.5. The Bertz CT molecular complexity index is 827. The number of cyclic esters (lactones) is 1. The quantitative estimate of drug-likeness (QED) is 0.371. The van der Waals surface area contributed by atoms with Crippen LogP contribution in [0.15, 0.2) is 46.4 Å². The predicted molar refractivity (Wildman–Crippen MR) is 83.0 cm³/mol. The lowest BCUT2D eigenvalue weighted by atomic mass is 10.2. The van der Waals surface area contributed by atoms with Crippen LogP contribution in [-0.2, 0) is 9.53 Å². The molecule has 1 aromatic heterocycles. The van der Waals surface area contributed by atoms with Crippen molar-refractivity contribution in [3.63, 3.8) is 0 Å². The number of halogens is 1. The zero-order valence-electron chi connectivity index (χ0n) is 10.9. The van der Waals surface area contributed by atoms with Crippen molar-refractivity contribution < 1.29 is 14.5 Å². The van der Waals surface area contributed by atoms with Gasteiger partial charge in [0.05, 0.1) is 4.92 Å². The maximum atomic E-state index is 11.8. The predicted octanol–water partition coefficient (Wildman–Crippen LogP) is 3.65. The van der Waals surface area contributed by atoms with Gasteiger partial charge in [0.25, 0.3) is 5.69 Å². The number of nitro benzene ring substituents is 1. The lowest BCUT2D eigenvalue weighted by Crippen LogP contribution is -2.06. The number of ether oxygens (including phenoxy) is 1. The molecule has 2 aromatic rings. The van der Waals surface area contributed by atoms with E-state index in [1.807, 2.05) is 17.5 Å². The van der Waals surface area contributed by atoms with Crippen molar-refractivity contribution in [3.05, 3.63) is 67.0 Å². The maximum Gasteiger partial charge on any atom is 0.363 e. The summed E-state index contributed by atoms with van der Waals surface area (Å²) in [6, 6.07) is 7.79. The first-order valence-electron chi connectivity index (χ1n) is 6.05. The molecule has 0 saturated carbocycles. The third-order valence-electron chi connectivity index (χ3n) is 2.83. The number of nitro groups is 1. The van der Waals surface area contributed by atoms with Crippen LogP contribution in [0.4, 0.5) is 5.69 Å². The molecule has 1 aromatic carbocycles. The molecule has 0 aliphatic carbocycles. The highest BCUT2D eigenvalue weighted by Gasteiger charge is 2.26. The Labute approximate surface area is 133 Å². The van der Waals surface area contributed by atoms with Crippen LogP contribution in [0.1, 0.15) is 10.4 Å². The highest BCUT2D eigenvalue weighted by Crippen LogP contribution is 2.27. The molecule has 0 saturated heterocycles.